The first-order valence-corrected chi connectivity index (χ1v) is 8.76. The van der Waals surface area contributed by atoms with Crippen molar-refractivity contribution >= 4 is 21.5 Å². The van der Waals surface area contributed by atoms with Crippen LogP contribution in [0.5, 0.6) is 5.75 Å². The van der Waals surface area contributed by atoms with E-state index < -0.39 is 0 Å². The van der Waals surface area contributed by atoms with Gasteiger partial charge in [0, 0.05) is 18.2 Å². The van der Waals surface area contributed by atoms with Crippen LogP contribution in [-0.4, -0.2) is 24.7 Å². The monoisotopic (exact) mass is 366 g/mol. The minimum absolute atomic E-state index is 0.370. The summed E-state index contributed by atoms with van der Waals surface area (Å²) in [4.78, 5) is 4.29. The highest BCUT2D eigenvalue weighted by atomic mass is 79.9. The van der Waals surface area contributed by atoms with E-state index in [-0.39, 0.29) is 0 Å². The highest BCUT2D eigenvalue weighted by molar-refractivity contribution is 9.10. The lowest BCUT2D eigenvalue weighted by Gasteiger charge is -2.34. The quantitative estimate of drug-likeness (QED) is 0.758. The van der Waals surface area contributed by atoms with Gasteiger partial charge in [0.15, 0.2) is 0 Å². The number of methoxy groups -OCH3 is 1. The van der Waals surface area contributed by atoms with Crippen LogP contribution in [0.15, 0.2) is 22.4 Å². The summed E-state index contributed by atoms with van der Waals surface area (Å²) < 4.78 is 6.40. The van der Waals surface area contributed by atoms with Crippen LogP contribution in [0.25, 0.3) is 5.57 Å². The Hall–Kier alpha value is -0.870. The molecule has 1 heterocycles. The molecule has 0 saturated heterocycles. The van der Waals surface area contributed by atoms with Gasteiger partial charge in [-0.25, -0.2) is 4.98 Å². The number of aromatic nitrogens is 1. The number of pyridine rings is 1. The molecular weight excluding hydrogens is 340 g/mol. The molecule has 0 amide bonds. The van der Waals surface area contributed by atoms with Crippen molar-refractivity contribution in [2.75, 3.05) is 13.7 Å². The number of ether oxygens (including phenoxy) is 1. The minimum Gasteiger partial charge on any atom is -0.495 e. The van der Waals surface area contributed by atoms with Gasteiger partial charge in [0.2, 0.25) is 0 Å². The number of nitrogens with zero attached hydrogens (tertiary/aromatic N) is 1. The molecule has 1 aliphatic rings. The van der Waals surface area contributed by atoms with Gasteiger partial charge in [-0.2, -0.15) is 0 Å². The first kappa shape index (κ1) is 17.5. The standard InChI is InChI=1S/C18H27BrN2O/c1-12(2)20-10-13-9-18(3,4)7-6-14(13)15-8-17(19)21-11-16(15)22-5/h8,11-12,20H,6-7,9-10H2,1-5H3. The maximum absolute atomic E-state index is 5.54. The summed E-state index contributed by atoms with van der Waals surface area (Å²) in [5.74, 6) is 0.861. The van der Waals surface area contributed by atoms with Gasteiger partial charge < -0.3 is 10.1 Å². The number of nitrogens with one attached hydrogen (secondary N) is 1. The number of rotatable bonds is 5. The lowest BCUT2D eigenvalue weighted by molar-refractivity contribution is 0.319. The van der Waals surface area contributed by atoms with Crippen LogP contribution < -0.4 is 10.1 Å². The molecule has 0 aliphatic heterocycles. The third-order valence-corrected chi connectivity index (χ3v) is 4.71. The molecule has 22 heavy (non-hydrogen) atoms. The maximum Gasteiger partial charge on any atom is 0.144 e. The van der Waals surface area contributed by atoms with Crippen molar-refractivity contribution in [1.82, 2.24) is 10.3 Å². The number of hydrogen-bond donors (Lipinski definition) is 1. The van der Waals surface area contributed by atoms with Crippen molar-refractivity contribution in [2.45, 2.75) is 53.0 Å². The third-order valence-electron chi connectivity index (χ3n) is 4.27. The summed E-state index contributed by atoms with van der Waals surface area (Å²) in [5, 5.41) is 3.58. The first-order valence-electron chi connectivity index (χ1n) is 7.96. The van der Waals surface area contributed by atoms with E-state index in [4.69, 9.17) is 4.74 Å². The van der Waals surface area contributed by atoms with Gasteiger partial charge in [0.05, 0.1) is 13.3 Å². The normalized spacial score (nSPS) is 18.0. The van der Waals surface area contributed by atoms with Crippen LogP contribution in [0.3, 0.4) is 0 Å². The van der Waals surface area contributed by atoms with Gasteiger partial charge in [-0.15, -0.1) is 0 Å². The third kappa shape index (κ3) is 4.32. The Balaban J connectivity index is 2.44. The molecule has 0 fully saturated rings. The Morgan fingerprint density at radius 1 is 1.41 bits per heavy atom. The molecule has 1 aromatic heterocycles. The van der Waals surface area contributed by atoms with Gasteiger partial charge in [-0.3, -0.25) is 0 Å². The second kappa shape index (κ2) is 7.14. The fourth-order valence-electron chi connectivity index (χ4n) is 3.05. The number of halogens is 1. The minimum atomic E-state index is 0.370. The molecule has 122 valence electrons. The summed E-state index contributed by atoms with van der Waals surface area (Å²) in [6.45, 7) is 10.0. The zero-order valence-electron chi connectivity index (χ0n) is 14.3. The highest BCUT2D eigenvalue weighted by Crippen LogP contribution is 2.44. The van der Waals surface area contributed by atoms with E-state index in [9.17, 15) is 0 Å². The molecule has 1 aliphatic carbocycles. The van der Waals surface area contributed by atoms with Gasteiger partial charge in [0.25, 0.3) is 0 Å². The Kier molecular flexibility index (Phi) is 5.67. The molecule has 0 radical (unpaired) electrons. The van der Waals surface area contributed by atoms with Crippen LogP contribution in [0.1, 0.15) is 52.5 Å². The van der Waals surface area contributed by atoms with Gasteiger partial charge in [-0.1, -0.05) is 33.3 Å². The topological polar surface area (TPSA) is 34.1 Å². The van der Waals surface area contributed by atoms with E-state index in [0.29, 0.717) is 11.5 Å². The lowest BCUT2D eigenvalue weighted by atomic mass is 9.73. The number of allylic oxidation sites excluding steroid dienone is 1. The lowest BCUT2D eigenvalue weighted by Crippen LogP contribution is -2.29. The van der Waals surface area contributed by atoms with Crippen LogP contribution in [0, 0.1) is 5.41 Å². The summed E-state index contributed by atoms with van der Waals surface area (Å²) in [6, 6.07) is 2.58. The SMILES string of the molecule is COc1cnc(Br)cc1C1=C(CNC(C)C)CC(C)(C)CC1. The van der Waals surface area contributed by atoms with E-state index in [1.54, 1.807) is 13.3 Å². The molecule has 0 atom stereocenters. The fraction of sp³-hybridized carbons (Fsp3) is 0.611. The Bertz CT molecular complexity index is 564. The van der Waals surface area contributed by atoms with Crippen molar-refractivity contribution in [3.63, 3.8) is 0 Å². The molecular formula is C18H27BrN2O. The fourth-order valence-corrected chi connectivity index (χ4v) is 3.38. The van der Waals surface area contributed by atoms with E-state index in [0.717, 1.165) is 29.7 Å². The molecule has 1 N–H and O–H groups in total. The average Bonchev–Trinajstić information content (AvgIpc) is 2.44. The average molecular weight is 367 g/mol. The van der Waals surface area contributed by atoms with Crippen molar-refractivity contribution < 1.29 is 4.74 Å². The molecule has 0 aromatic carbocycles. The molecule has 0 spiro atoms. The highest BCUT2D eigenvalue weighted by Gasteiger charge is 2.28. The number of hydrogen-bond acceptors (Lipinski definition) is 3. The van der Waals surface area contributed by atoms with Crippen molar-refractivity contribution in [3.8, 4) is 5.75 Å². The summed E-state index contributed by atoms with van der Waals surface area (Å²) >= 11 is 3.49. The molecule has 4 heteroatoms. The van der Waals surface area contributed by atoms with E-state index >= 15 is 0 Å². The van der Waals surface area contributed by atoms with Crippen LogP contribution >= 0.6 is 15.9 Å². The van der Waals surface area contributed by atoms with Crippen LogP contribution in [-0.2, 0) is 0 Å². The van der Waals surface area contributed by atoms with E-state index in [1.165, 1.54) is 23.1 Å². The van der Waals surface area contributed by atoms with Crippen LogP contribution in [0.2, 0.25) is 0 Å². The Morgan fingerprint density at radius 3 is 2.77 bits per heavy atom. The molecule has 0 saturated carbocycles. The predicted molar refractivity (Wildman–Crippen MR) is 96.2 cm³/mol. The molecule has 2 rings (SSSR count). The second-order valence-corrected chi connectivity index (χ2v) is 7.98. The second-order valence-electron chi connectivity index (χ2n) is 7.17. The van der Waals surface area contributed by atoms with Gasteiger partial charge in [0.1, 0.15) is 10.4 Å². The van der Waals surface area contributed by atoms with Gasteiger partial charge in [-0.05, 0) is 52.2 Å². The van der Waals surface area contributed by atoms with Crippen molar-refractivity contribution in [1.29, 1.82) is 0 Å². The molecule has 1 aromatic rings. The van der Waals surface area contributed by atoms with Crippen molar-refractivity contribution in [2.24, 2.45) is 5.41 Å². The van der Waals surface area contributed by atoms with E-state index in [1.807, 2.05) is 0 Å². The Morgan fingerprint density at radius 2 is 2.14 bits per heavy atom. The molecule has 0 unspecified atom stereocenters. The zero-order valence-corrected chi connectivity index (χ0v) is 15.9. The predicted octanol–water partition coefficient (Wildman–Crippen LogP) is 4.81. The van der Waals surface area contributed by atoms with E-state index in [2.05, 4.69) is 60.0 Å². The largest absolute Gasteiger partial charge is 0.495 e. The van der Waals surface area contributed by atoms with Crippen molar-refractivity contribution in [3.05, 3.63) is 28.0 Å². The Labute approximate surface area is 142 Å². The zero-order chi connectivity index (χ0) is 16.3. The summed E-state index contributed by atoms with van der Waals surface area (Å²) in [6.07, 6.45) is 5.23. The first-order chi connectivity index (χ1) is 10.3. The van der Waals surface area contributed by atoms with Crippen LogP contribution in [0.4, 0.5) is 0 Å². The summed E-state index contributed by atoms with van der Waals surface area (Å²) in [5.41, 5.74) is 4.48. The summed E-state index contributed by atoms with van der Waals surface area (Å²) in [7, 11) is 1.72. The smallest absolute Gasteiger partial charge is 0.144 e. The molecule has 3 nitrogen and oxygen atoms in total. The maximum atomic E-state index is 5.54. The molecule has 0 bridgehead atoms. The van der Waals surface area contributed by atoms with Gasteiger partial charge >= 0.3 is 0 Å².